The molecule has 0 spiro atoms. The molecule has 0 saturated heterocycles. The number of nitrogens with zero attached hydrogens (tertiary/aromatic N) is 2. The van der Waals surface area contributed by atoms with Crippen LogP contribution in [0.5, 0.6) is 5.75 Å². The minimum Gasteiger partial charge on any atom is -0.497 e. The number of nitrogens with one attached hydrogen (secondary N) is 2. The Morgan fingerprint density at radius 3 is 2.52 bits per heavy atom. The van der Waals surface area contributed by atoms with Crippen LogP contribution in [-0.2, 0) is 13.0 Å². The summed E-state index contributed by atoms with van der Waals surface area (Å²) in [7, 11) is 1.61. The maximum Gasteiger partial charge on any atom is 0.251 e. The molecular formula is C22H29IN4O2. The fraction of sp³-hybridized carbons (Fsp3) is 0.364. The van der Waals surface area contributed by atoms with E-state index in [1.165, 1.54) is 11.1 Å². The lowest BCUT2D eigenvalue weighted by atomic mass is 10.0. The Kier molecular flexibility index (Phi) is 9.24. The van der Waals surface area contributed by atoms with Gasteiger partial charge in [0.25, 0.3) is 5.91 Å². The second-order valence-corrected chi connectivity index (χ2v) is 6.66. The number of ether oxygens (including phenoxy) is 1. The lowest BCUT2D eigenvalue weighted by Gasteiger charge is -2.31. The van der Waals surface area contributed by atoms with E-state index in [0.29, 0.717) is 18.7 Å². The van der Waals surface area contributed by atoms with Crippen LogP contribution < -0.4 is 15.4 Å². The Morgan fingerprint density at radius 1 is 1.10 bits per heavy atom. The summed E-state index contributed by atoms with van der Waals surface area (Å²) >= 11 is 0. The molecule has 0 aliphatic carbocycles. The number of hydrogen-bond acceptors (Lipinski definition) is 3. The Hall–Kier alpha value is -2.29. The summed E-state index contributed by atoms with van der Waals surface area (Å²) in [5.41, 5.74) is 3.39. The number of guanidine groups is 1. The standard InChI is InChI=1S/C22H28N4O2.HI/c1-3-23-22(26-15-12-17-6-4-5-7-19(17)16-26)25-14-13-24-21(27)18-8-10-20(28-2)11-9-18;/h4-11H,3,12-16H2,1-2H3,(H,23,25)(H,24,27);1H. The molecular weight excluding hydrogens is 479 g/mol. The molecule has 0 bridgehead atoms. The molecule has 6 nitrogen and oxygen atoms in total. The number of fused-ring (bicyclic) bond motifs is 1. The molecule has 0 unspecified atom stereocenters. The van der Waals surface area contributed by atoms with E-state index in [1.807, 2.05) is 0 Å². The van der Waals surface area contributed by atoms with E-state index in [2.05, 4.69) is 46.7 Å². The van der Waals surface area contributed by atoms with E-state index >= 15 is 0 Å². The molecule has 1 aliphatic rings. The van der Waals surface area contributed by atoms with Crippen molar-refractivity contribution in [1.82, 2.24) is 15.5 Å². The number of aliphatic imine (C=N–C) groups is 1. The fourth-order valence-electron chi connectivity index (χ4n) is 3.28. The van der Waals surface area contributed by atoms with Gasteiger partial charge in [0.1, 0.15) is 5.75 Å². The first kappa shape index (κ1) is 23.0. The zero-order chi connectivity index (χ0) is 19.8. The Balaban J connectivity index is 0.00000300. The minimum atomic E-state index is -0.102. The van der Waals surface area contributed by atoms with E-state index in [4.69, 9.17) is 9.73 Å². The van der Waals surface area contributed by atoms with Gasteiger partial charge in [0.2, 0.25) is 0 Å². The molecule has 0 fully saturated rings. The maximum atomic E-state index is 12.2. The van der Waals surface area contributed by atoms with Crippen LogP contribution in [0.25, 0.3) is 0 Å². The van der Waals surface area contributed by atoms with Gasteiger partial charge in [-0.3, -0.25) is 9.79 Å². The van der Waals surface area contributed by atoms with Gasteiger partial charge < -0.3 is 20.3 Å². The van der Waals surface area contributed by atoms with Crippen LogP contribution >= 0.6 is 24.0 Å². The first-order valence-electron chi connectivity index (χ1n) is 9.73. The molecule has 0 radical (unpaired) electrons. The van der Waals surface area contributed by atoms with Crippen molar-refractivity contribution in [3.05, 3.63) is 65.2 Å². The van der Waals surface area contributed by atoms with Crippen LogP contribution in [-0.4, -0.2) is 50.1 Å². The van der Waals surface area contributed by atoms with Crippen molar-refractivity contribution in [2.45, 2.75) is 19.9 Å². The number of hydrogen-bond donors (Lipinski definition) is 2. The number of benzene rings is 2. The summed E-state index contributed by atoms with van der Waals surface area (Å²) in [6, 6.07) is 15.6. The van der Waals surface area contributed by atoms with Gasteiger partial charge >= 0.3 is 0 Å². The van der Waals surface area contributed by atoms with Crippen molar-refractivity contribution in [3.8, 4) is 5.75 Å². The molecule has 1 aliphatic heterocycles. The topological polar surface area (TPSA) is 66.0 Å². The van der Waals surface area contributed by atoms with Gasteiger partial charge in [0.15, 0.2) is 5.96 Å². The van der Waals surface area contributed by atoms with Gasteiger partial charge in [-0.15, -0.1) is 24.0 Å². The molecule has 1 amide bonds. The van der Waals surface area contributed by atoms with Crippen LogP contribution in [0.2, 0.25) is 0 Å². The molecule has 156 valence electrons. The second-order valence-electron chi connectivity index (χ2n) is 6.66. The number of carbonyl (C=O) groups is 1. The lowest BCUT2D eigenvalue weighted by Crippen LogP contribution is -2.44. The van der Waals surface area contributed by atoms with Gasteiger partial charge in [0.05, 0.1) is 13.7 Å². The van der Waals surface area contributed by atoms with Crippen molar-refractivity contribution in [1.29, 1.82) is 0 Å². The van der Waals surface area contributed by atoms with Crippen LogP contribution in [0.3, 0.4) is 0 Å². The molecule has 29 heavy (non-hydrogen) atoms. The normalized spacial score (nSPS) is 13.2. The van der Waals surface area contributed by atoms with Crippen LogP contribution in [0.15, 0.2) is 53.5 Å². The molecule has 2 aromatic carbocycles. The van der Waals surface area contributed by atoms with E-state index in [1.54, 1.807) is 31.4 Å². The highest BCUT2D eigenvalue weighted by molar-refractivity contribution is 14.0. The molecule has 2 N–H and O–H groups in total. The summed E-state index contributed by atoms with van der Waals surface area (Å²) in [4.78, 5) is 19.2. The zero-order valence-corrected chi connectivity index (χ0v) is 19.3. The maximum absolute atomic E-state index is 12.2. The third kappa shape index (κ3) is 6.35. The van der Waals surface area contributed by atoms with Crippen LogP contribution in [0, 0.1) is 0 Å². The van der Waals surface area contributed by atoms with Gasteiger partial charge in [-0.25, -0.2) is 0 Å². The van der Waals surface area contributed by atoms with Crippen molar-refractivity contribution in [2.24, 2.45) is 4.99 Å². The Labute approximate surface area is 189 Å². The van der Waals surface area contributed by atoms with Gasteiger partial charge in [-0.05, 0) is 48.7 Å². The predicted octanol–water partition coefficient (Wildman–Crippen LogP) is 3.07. The van der Waals surface area contributed by atoms with E-state index in [9.17, 15) is 4.79 Å². The summed E-state index contributed by atoms with van der Waals surface area (Å²) in [5.74, 6) is 1.53. The lowest BCUT2D eigenvalue weighted by molar-refractivity contribution is 0.0954. The van der Waals surface area contributed by atoms with Crippen LogP contribution in [0.1, 0.15) is 28.4 Å². The first-order chi connectivity index (χ1) is 13.7. The van der Waals surface area contributed by atoms with Crippen molar-refractivity contribution < 1.29 is 9.53 Å². The average molecular weight is 508 g/mol. The van der Waals surface area contributed by atoms with Crippen molar-refractivity contribution >= 4 is 35.8 Å². The van der Waals surface area contributed by atoms with E-state index < -0.39 is 0 Å². The number of rotatable bonds is 6. The monoisotopic (exact) mass is 508 g/mol. The van der Waals surface area contributed by atoms with Crippen LogP contribution in [0.4, 0.5) is 0 Å². The Bertz CT molecular complexity index is 824. The highest BCUT2D eigenvalue weighted by atomic mass is 127. The van der Waals surface area contributed by atoms with E-state index in [-0.39, 0.29) is 29.9 Å². The first-order valence-corrected chi connectivity index (χ1v) is 9.73. The van der Waals surface area contributed by atoms with Gasteiger partial charge in [-0.2, -0.15) is 0 Å². The minimum absolute atomic E-state index is 0. The summed E-state index contributed by atoms with van der Waals surface area (Å²) in [6.45, 7) is 5.71. The largest absolute Gasteiger partial charge is 0.497 e. The number of halogens is 1. The van der Waals surface area contributed by atoms with Crippen molar-refractivity contribution in [3.63, 3.8) is 0 Å². The summed E-state index contributed by atoms with van der Waals surface area (Å²) in [6.07, 6.45) is 1.02. The highest BCUT2D eigenvalue weighted by Crippen LogP contribution is 2.18. The van der Waals surface area contributed by atoms with Gasteiger partial charge in [0, 0.05) is 31.7 Å². The quantitative estimate of drug-likeness (QED) is 0.273. The predicted molar refractivity (Wildman–Crippen MR) is 127 cm³/mol. The summed E-state index contributed by atoms with van der Waals surface area (Å²) in [5, 5.41) is 6.28. The third-order valence-electron chi connectivity index (χ3n) is 4.78. The van der Waals surface area contributed by atoms with Gasteiger partial charge in [-0.1, -0.05) is 24.3 Å². The average Bonchev–Trinajstić information content (AvgIpc) is 2.75. The summed E-state index contributed by atoms with van der Waals surface area (Å²) < 4.78 is 5.12. The molecule has 3 rings (SSSR count). The van der Waals surface area contributed by atoms with Crippen molar-refractivity contribution in [2.75, 3.05) is 33.3 Å². The Morgan fingerprint density at radius 2 is 1.83 bits per heavy atom. The third-order valence-corrected chi connectivity index (χ3v) is 4.78. The molecule has 0 saturated carbocycles. The molecule has 0 aromatic heterocycles. The second kappa shape index (κ2) is 11.6. The number of amides is 1. The highest BCUT2D eigenvalue weighted by Gasteiger charge is 2.18. The molecule has 0 atom stereocenters. The number of carbonyl (C=O) groups excluding carboxylic acids is 1. The zero-order valence-electron chi connectivity index (χ0n) is 17.0. The SMILES string of the molecule is CCNC(=NCCNC(=O)c1ccc(OC)cc1)N1CCc2ccccc2C1.I. The molecule has 1 heterocycles. The fourth-order valence-corrected chi connectivity index (χ4v) is 3.28. The van der Waals surface area contributed by atoms with E-state index in [0.717, 1.165) is 37.8 Å². The smallest absolute Gasteiger partial charge is 0.251 e. The number of methoxy groups -OCH3 is 1. The molecule has 2 aromatic rings. The molecule has 7 heteroatoms.